The molecule has 0 atom stereocenters. The van der Waals surface area contributed by atoms with Crippen molar-refractivity contribution in [3.05, 3.63) is 47.8 Å². The first-order valence-electron chi connectivity index (χ1n) is 8.75. The van der Waals surface area contributed by atoms with Crippen molar-refractivity contribution < 1.29 is 14.2 Å². The van der Waals surface area contributed by atoms with Crippen molar-refractivity contribution in [2.24, 2.45) is 4.99 Å². The molecule has 0 radical (unpaired) electrons. The van der Waals surface area contributed by atoms with Crippen molar-refractivity contribution in [2.75, 3.05) is 41.5 Å². The summed E-state index contributed by atoms with van der Waals surface area (Å²) >= 11 is 0. The number of nitrogens with one attached hydrogen (secondary N) is 1. The number of pyridine rings is 1. The maximum atomic E-state index is 5.64. The van der Waals surface area contributed by atoms with Crippen LogP contribution in [-0.4, -0.2) is 57.3 Å². The van der Waals surface area contributed by atoms with Gasteiger partial charge in [-0.1, -0.05) is 0 Å². The highest BCUT2D eigenvalue weighted by atomic mass is 16.5. The van der Waals surface area contributed by atoms with E-state index < -0.39 is 0 Å². The molecule has 1 aromatic carbocycles. The third-order valence-electron chi connectivity index (χ3n) is 4.11. The first-order valence-corrected chi connectivity index (χ1v) is 8.75. The molecule has 2 aromatic rings. The van der Waals surface area contributed by atoms with Crippen LogP contribution < -0.4 is 19.5 Å². The van der Waals surface area contributed by atoms with Gasteiger partial charge in [0.15, 0.2) is 17.5 Å². The number of rotatable bonds is 8. The number of nitrogens with zero attached hydrogens (tertiary/aromatic N) is 3. The Balaban J connectivity index is 1.92. The second-order valence-corrected chi connectivity index (χ2v) is 6.00. The maximum absolute atomic E-state index is 5.64. The fourth-order valence-corrected chi connectivity index (χ4v) is 2.67. The van der Waals surface area contributed by atoms with Crippen LogP contribution in [0.2, 0.25) is 0 Å². The Hall–Kier alpha value is -2.96. The molecule has 146 valence electrons. The molecule has 0 unspecified atom stereocenters. The van der Waals surface area contributed by atoms with E-state index in [1.807, 2.05) is 31.3 Å². The lowest BCUT2D eigenvalue weighted by Crippen LogP contribution is -2.40. The zero-order valence-corrected chi connectivity index (χ0v) is 16.7. The van der Waals surface area contributed by atoms with E-state index in [0.717, 1.165) is 34.3 Å². The SMILES string of the molecule is CN=C(NCCOc1cccnc1)N(C)Cc1cc(OC)c(OC)cc1C. The van der Waals surface area contributed by atoms with Crippen LogP contribution in [0, 0.1) is 6.92 Å². The van der Waals surface area contributed by atoms with Crippen molar-refractivity contribution in [3.8, 4) is 17.2 Å². The first-order chi connectivity index (χ1) is 13.1. The molecule has 0 saturated heterocycles. The van der Waals surface area contributed by atoms with E-state index in [2.05, 4.69) is 27.1 Å². The van der Waals surface area contributed by atoms with E-state index in [-0.39, 0.29) is 0 Å². The molecule has 0 fully saturated rings. The van der Waals surface area contributed by atoms with Gasteiger partial charge < -0.3 is 24.4 Å². The molecule has 27 heavy (non-hydrogen) atoms. The van der Waals surface area contributed by atoms with E-state index >= 15 is 0 Å². The van der Waals surface area contributed by atoms with Gasteiger partial charge in [-0.25, -0.2) is 0 Å². The van der Waals surface area contributed by atoms with Crippen molar-refractivity contribution in [3.63, 3.8) is 0 Å². The number of aryl methyl sites for hydroxylation is 1. The molecule has 0 aliphatic heterocycles. The fraction of sp³-hybridized carbons (Fsp3) is 0.400. The highest BCUT2D eigenvalue weighted by Gasteiger charge is 2.12. The van der Waals surface area contributed by atoms with Gasteiger partial charge in [-0.2, -0.15) is 0 Å². The summed E-state index contributed by atoms with van der Waals surface area (Å²) in [6.07, 6.45) is 3.42. The van der Waals surface area contributed by atoms with Gasteiger partial charge in [0, 0.05) is 26.8 Å². The minimum Gasteiger partial charge on any atom is -0.493 e. The van der Waals surface area contributed by atoms with Crippen LogP contribution in [0.4, 0.5) is 0 Å². The van der Waals surface area contributed by atoms with E-state index in [1.54, 1.807) is 33.7 Å². The average Bonchev–Trinajstić information content (AvgIpc) is 2.69. The molecule has 7 nitrogen and oxygen atoms in total. The lowest BCUT2D eigenvalue weighted by atomic mass is 10.1. The molecule has 0 bridgehead atoms. The summed E-state index contributed by atoms with van der Waals surface area (Å²) in [5.41, 5.74) is 2.28. The maximum Gasteiger partial charge on any atom is 0.193 e. The number of guanidine groups is 1. The third kappa shape index (κ3) is 5.77. The Morgan fingerprint density at radius 2 is 1.96 bits per heavy atom. The van der Waals surface area contributed by atoms with Crippen LogP contribution in [-0.2, 0) is 6.54 Å². The number of ether oxygens (including phenoxy) is 3. The van der Waals surface area contributed by atoms with Crippen molar-refractivity contribution in [1.29, 1.82) is 0 Å². The number of hydrogen-bond donors (Lipinski definition) is 1. The molecule has 0 amide bonds. The van der Waals surface area contributed by atoms with Crippen molar-refractivity contribution in [1.82, 2.24) is 15.2 Å². The van der Waals surface area contributed by atoms with Crippen LogP contribution in [0.5, 0.6) is 17.2 Å². The van der Waals surface area contributed by atoms with Crippen LogP contribution in [0.3, 0.4) is 0 Å². The van der Waals surface area contributed by atoms with Gasteiger partial charge in [-0.05, 0) is 42.3 Å². The normalized spacial score (nSPS) is 11.1. The zero-order valence-electron chi connectivity index (χ0n) is 16.7. The fourth-order valence-electron chi connectivity index (χ4n) is 2.67. The van der Waals surface area contributed by atoms with Gasteiger partial charge in [-0.3, -0.25) is 9.98 Å². The topological polar surface area (TPSA) is 68.2 Å². The van der Waals surface area contributed by atoms with E-state index in [1.165, 1.54) is 0 Å². The van der Waals surface area contributed by atoms with Crippen LogP contribution in [0.1, 0.15) is 11.1 Å². The van der Waals surface area contributed by atoms with Gasteiger partial charge in [0.05, 0.1) is 27.0 Å². The number of methoxy groups -OCH3 is 2. The van der Waals surface area contributed by atoms with Gasteiger partial charge in [0.1, 0.15) is 12.4 Å². The van der Waals surface area contributed by atoms with Gasteiger partial charge in [0.2, 0.25) is 0 Å². The standard InChI is InChI=1S/C20H28N4O3/c1-15-11-18(25-4)19(26-5)12-16(15)14-24(3)20(21-2)23-9-10-27-17-7-6-8-22-13-17/h6-8,11-13H,9-10,14H2,1-5H3,(H,21,23). The summed E-state index contributed by atoms with van der Waals surface area (Å²) in [5.74, 6) is 3.00. The molecular weight excluding hydrogens is 344 g/mol. The summed E-state index contributed by atoms with van der Waals surface area (Å²) in [6, 6.07) is 7.72. The molecule has 0 spiro atoms. The second-order valence-electron chi connectivity index (χ2n) is 6.00. The Morgan fingerprint density at radius 1 is 1.22 bits per heavy atom. The average molecular weight is 372 g/mol. The molecule has 7 heteroatoms. The molecule has 1 heterocycles. The van der Waals surface area contributed by atoms with Crippen molar-refractivity contribution >= 4 is 5.96 Å². The van der Waals surface area contributed by atoms with Gasteiger partial charge in [-0.15, -0.1) is 0 Å². The zero-order chi connectivity index (χ0) is 19.6. The van der Waals surface area contributed by atoms with Crippen LogP contribution in [0.25, 0.3) is 0 Å². The third-order valence-corrected chi connectivity index (χ3v) is 4.11. The molecule has 1 N–H and O–H groups in total. The molecule has 0 aliphatic rings. The van der Waals surface area contributed by atoms with E-state index in [4.69, 9.17) is 14.2 Å². The predicted molar refractivity (Wildman–Crippen MR) is 107 cm³/mol. The number of hydrogen-bond acceptors (Lipinski definition) is 5. The molecule has 1 aromatic heterocycles. The smallest absolute Gasteiger partial charge is 0.193 e. The summed E-state index contributed by atoms with van der Waals surface area (Å²) in [4.78, 5) is 10.4. The highest BCUT2D eigenvalue weighted by Crippen LogP contribution is 2.30. The molecular formula is C20H28N4O3. The van der Waals surface area contributed by atoms with E-state index in [9.17, 15) is 0 Å². The summed E-state index contributed by atoms with van der Waals surface area (Å²) in [7, 11) is 7.04. The molecule has 2 rings (SSSR count). The largest absolute Gasteiger partial charge is 0.493 e. The van der Waals surface area contributed by atoms with Gasteiger partial charge >= 0.3 is 0 Å². The molecule has 0 saturated carbocycles. The minimum absolute atomic E-state index is 0.522. The number of aliphatic imine (C=N–C) groups is 1. The Kier molecular flexibility index (Phi) is 7.73. The van der Waals surface area contributed by atoms with Crippen molar-refractivity contribution in [2.45, 2.75) is 13.5 Å². The Bertz CT molecular complexity index is 750. The lowest BCUT2D eigenvalue weighted by Gasteiger charge is -2.23. The highest BCUT2D eigenvalue weighted by molar-refractivity contribution is 5.79. The summed E-state index contributed by atoms with van der Waals surface area (Å²) < 4.78 is 16.4. The van der Waals surface area contributed by atoms with E-state index in [0.29, 0.717) is 19.7 Å². The Morgan fingerprint density at radius 3 is 2.59 bits per heavy atom. The quantitative estimate of drug-likeness (QED) is 0.436. The summed E-state index contributed by atoms with van der Waals surface area (Å²) in [5, 5.41) is 3.30. The molecule has 0 aliphatic carbocycles. The Labute approximate surface area is 161 Å². The minimum atomic E-state index is 0.522. The van der Waals surface area contributed by atoms with Crippen LogP contribution >= 0.6 is 0 Å². The number of aromatic nitrogens is 1. The van der Waals surface area contributed by atoms with Gasteiger partial charge in [0.25, 0.3) is 0 Å². The number of benzene rings is 1. The summed E-state index contributed by atoms with van der Waals surface area (Å²) in [6.45, 7) is 3.91. The monoisotopic (exact) mass is 372 g/mol. The first kappa shape index (κ1) is 20.4. The second kappa shape index (κ2) is 10.3. The predicted octanol–water partition coefficient (Wildman–Crippen LogP) is 2.49. The van der Waals surface area contributed by atoms with Crippen LogP contribution in [0.15, 0.2) is 41.7 Å². The lowest BCUT2D eigenvalue weighted by molar-refractivity contribution is 0.318.